The molecule has 1 aromatic rings. The molecule has 5 rings (SSSR count). The second-order valence-corrected chi connectivity index (χ2v) is 7.50. The van der Waals surface area contributed by atoms with Crippen molar-refractivity contribution in [2.24, 2.45) is 0 Å². The third-order valence-corrected chi connectivity index (χ3v) is 5.95. The number of carbonyl (C=O) groups excluding carboxylic acids is 1. The first-order valence-electron chi connectivity index (χ1n) is 9.53. The van der Waals surface area contributed by atoms with Crippen LogP contribution in [-0.2, 0) is 9.53 Å². The lowest BCUT2D eigenvalue weighted by Crippen LogP contribution is -2.54. The summed E-state index contributed by atoms with van der Waals surface area (Å²) in [5.41, 5.74) is 1.21. The lowest BCUT2D eigenvalue weighted by atomic mass is 9.82. The Morgan fingerprint density at radius 1 is 1.08 bits per heavy atom. The summed E-state index contributed by atoms with van der Waals surface area (Å²) in [6.07, 6.45) is 5.49. The molecule has 0 aromatic heterocycles. The van der Waals surface area contributed by atoms with Crippen molar-refractivity contribution in [1.82, 2.24) is 4.90 Å². The number of hydrogen-bond donors (Lipinski definition) is 1. The molecule has 25 heavy (non-hydrogen) atoms. The summed E-state index contributed by atoms with van der Waals surface area (Å²) >= 11 is 0. The molecule has 5 nitrogen and oxygen atoms in total. The number of benzene rings is 1. The molecule has 2 fully saturated rings. The first-order valence-corrected chi connectivity index (χ1v) is 9.53. The van der Waals surface area contributed by atoms with Crippen LogP contribution < -0.4 is 4.74 Å². The molecule has 136 valence electrons. The van der Waals surface area contributed by atoms with Crippen molar-refractivity contribution in [3.8, 4) is 5.75 Å². The zero-order valence-corrected chi connectivity index (χ0v) is 14.6. The number of ether oxygens (including phenoxy) is 2. The number of nitrogens with zero attached hydrogens (tertiary/aromatic N) is 1. The fourth-order valence-electron chi connectivity index (χ4n) is 4.49. The highest BCUT2D eigenvalue weighted by molar-refractivity contribution is 5.78. The van der Waals surface area contributed by atoms with Crippen LogP contribution in [0.25, 0.3) is 0 Å². The highest BCUT2D eigenvalue weighted by atomic mass is 16.5. The van der Waals surface area contributed by atoms with Crippen LogP contribution in [0, 0.1) is 0 Å². The number of aliphatic hydroxyl groups excluding tert-OH is 1. The Kier molecular flexibility index (Phi) is 4.95. The van der Waals surface area contributed by atoms with E-state index in [-0.39, 0.29) is 24.7 Å². The van der Waals surface area contributed by atoms with E-state index < -0.39 is 6.10 Å². The van der Waals surface area contributed by atoms with Gasteiger partial charge in [0.05, 0.1) is 24.9 Å². The van der Waals surface area contributed by atoms with Gasteiger partial charge < -0.3 is 19.5 Å². The summed E-state index contributed by atoms with van der Waals surface area (Å²) < 4.78 is 12.1. The molecule has 2 atom stereocenters. The van der Waals surface area contributed by atoms with E-state index in [4.69, 9.17) is 9.47 Å². The molecule has 3 aliphatic heterocycles. The van der Waals surface area contributed by atoms with Crippen LogP contribution in [0.15, 0.2) is 24.3 Å². The van der Waals surface area contributed by atoms with Gasteiger partial charge in [0, 0.05) is 6.54 Å². The van der Waals surface area contributed by atoms with Gasteiger partial charge in [0.15, 0.2) is 6.61 Å². The Labute approximate surface area is 148 Å². The maximum Gasteiger partial charge on any atom is 0.260 e. The third-order valence-electron chi connectivity index (χ3n) is 5.95. The van der Waals surface area contributed by atoms with Crippen molar-refractivity contribution in [1.29, 1.82) is 0 Å². The predicted molar refractivity (Wildman–Crippen MR) is 93.6 cm³/mol. The maximum absolute atomic E-state index is 12.7. The van der Waals surface area contributed by atoms with Crippen LogP contribution in [-0.4, -0.2) is 53.9 Å². The van der Waals surface area contributed by atoms with Gasteiger partial charge in [-0.05, 0) is 56.1 Å². The lowest BCUT2D eigenvalue weighted by Gasteiger charge is -2.39. The van der Waals surface area contributed by atoms with Gasteiger partial charge in [-0.3, -0.25) is 4.79 Å². The van der Waals surface area contributed by atoms with Crippen molar-refractivity contribution >= 4 is 5.91 Å². The molecular weight excluding hydrogens is 318 g/mol. The molecule has 1 N–H and O–H groups in total. The molecule has 1 saturated carbocycles. The van der Waals surface area contributed by atoms with Gasteiger partial charge in [0.25, 0.3) is 5.91 Å². The standard InChI is InChI=1S/C20H27NO4/c22-18-5-3-11-21-17(18)12-24-15-9-7-14(8-10-15)16-4-1-2-6-19(16)25-13-20(21)23/h1-2,4,6,14-15,17-18,22H,3,5,7-13H2. The number of piperidine rings is 1. The topological polar surface area (TPSA) is 59.0 Å². The first kappa shape index (κ1) is 16.9. The summed E-state index contributed by atoms with van der Waals surface area (Å²) in [6.45, 7) is 1.12. The summed E-state index contributed by atoms with van der Waals surface area (Å²) in [5.74, 6) is 1.24. The predicted octanol–water partition coefficient (Wildman–Crippen LogP) is 2.47. The zero-order valence-electron chi connectivity index (χ0n) is 14.6. The molecule has 5 heteroatoms. The first-order chi connectivity index (χ1) is 12.2. The molecular formula is C20H27NO4. The Bertz CT molecular complexity index is 611. The van der Waals surface area contributed by atoms with Crippen molar-refractivity contribution in [2.75, 3.05) is 19.8 Å². The van der Waals surface area contributed by atoms with Gasteiger partial charge in [0.1, 0.15) is 5.75 Å². The van der Waals surface area contributed by atoms with Gasteiger partial charge in [0.2, 0.25) is 0 Å². The summed E-state index contributed by atoms with van der Waals surface area (Å²) in [5, 5.41) is 10.4. The second-order valence-electron chi connectivity index (χ2n) is 7.50. The number of hydrogen-bond acceptors (Lipinski definition) is 4. The molecule has 2 unspecified atom stereocenters. The highest BCUT2D eigenvalue weighted by Crippen LogP contribution is 2.38. The van der Waals surface area contributed by atoms with Crippen molar-refractivity contribution in [3.05, 3.63) is 29.8 Å². The number of aliphatic hydroxyl groups is 1. The van der Waals surface area contributed by atoms with E-state index in [1.165, 1.54) is 5.56 Å². The minimum atomic E-state index is -0.508. The zero-order chi connectivity index (χ0) is 17.2. The molecule has 3 heterocycles. The van der Waals surface area contributed by atoms with Crippen molar-refractivity contribution < 1.29 is 19.4 Å². The van der Waals surface area contributed by atoms with Crippen molar-refractivity contribution in [3.63, 3.8) is 0 Å². The van der Waals surface area contributed by atoms with Crippen molar-refractivity contribution in [2.45, 2.75) is 62.7 Å². The number of rotatable bonds is 0. The smallest absolute Gasteiger partial charge is 0.260 e. The molecule has 0 radical (unpaired) electrons. The summed E-state index contributed by atoms with van der Waals surface area (Å²) in [4.78, 5) is 14.5. The minimum absolute atomic E-state index is 0.0242. The molecule has 1 aromatic carbocycles. The van der Waals surface area contributed by atoms with Gasteiger partial charge >= 0.3 is 0 Å². The molecule has 2 bridgehead atoms. The van der Waals surface area contributed by atoms with E-state index in [0.29, 0.717) is 19.1 Å². The normalized spacial score (nSPS) is 33.3. The quantitative estimate of drug-likeness (QED) is 0.785. The average Bonchev–Trinajstić information content (AvgIpc) is 2.66. The number of fused-ring (bicyclic) bond motifs is 5. The van der Waals surface area contributed by atoms with Crippen LogP contribution in [0.2, 0.25) is 0 Å². The monoisotopic (exact) mass is 345 g/mol. The fourth-order valence-corrected chi connectivity index (χ4v) is 4.49. The van der Waals surface area contributed by atoms with Crippen LogP contribution >= 0.6 is 0 Å². The van der Waals surface area contributed by atoms with E-state index in [1.54, 1.807) is 4.90 Å². The number of carbonyl (C=O) groups is 1. The Hall–Kier alpha value is -1.59. The van der Waals surface area contributed by atoms with Gasteiger partial charge in [-0.2, -0.15) is 0 Å². The molecule has 1 aliphatic carbocycles. The third kappa shape index (κ3) is 3.53. The fraction of sp³-hybridized carbons (Fsp3) is 0.650. The molecule has 4 aliphatic rings. The lowest BCUT2D eigenvalue weighted by molar-refractivity contribution is -0.145. The van der Waals surface area contributed by atoms with E-state index in [2.05, 4.69) is 6.07 Å². The summed E-state index contributed by atoms with van der Waals surface area (Å²) in [6, 6.07) is 7.84. The SMILES string of the molecule is O=C1COc2ccccc2C2CCC(CC2)OCC2C(O)CCCN12. The second kappa shape index (κ2) is 7.34. The Morgan fingerprint density at radius 3 is 2.72 bits per heavy atom. The van der Waals surface area contributed by atoms with E-state index >= 15 is 0 Å². The Balaban J connectivity index is 1.61. The average molecular weight is 345 g/mol. The molecule has 0 spiro atoms. The van der Waals surface area contributed by atoms with Crippen LogP contribution in [0.1, 0.15) is 50.0 Å². The minimum Gasteiger partial charge on any atom is -0.483 e. The highest BCUT2D eigenvalue weighted by Gasteiger charge is 2.35. The van der Waals surface area contributed by atoms with Crippen LogP contribution in [0.5, 0.6) is 5.75 Å². The Morgan fingerprint density at radius 2 is 1.88 bits per heavy atom. The van der Waals surface area contributed by atoms with Gasteiger partial charge in [-0.25, -0.2) is 0 Å². The summed E-state index contributed by atoms with van der Waals surface area (Å²) in [7, 11) is 0. The van der Waals surface area contributed by atoms with Gasteiger partial charge in [-0.15, -0.1) is 0 Å². The van der Waals surface area contributed by atoms with Crippen LogP contribution in [0.3, 0.4) is 0 Å². The van der Waals surface area contributed by atoms with E-state index in [9.17, 15) is 9.90 Å². The number of amides is 1. The van der Waals surface area contributed by atoms with Crippen LogP contribution in [0.4, 0.5) is 0 Å². The maximum atomic E-state index is 12.7. The largest absolute Gasteiger partial charge is 0.483 e. The van der Waals surface area contributed by atoms with E-state index in [1.807, 2.05) is 18.2 Å². The van der Waals surface area contributed by atoms with E-state index in [0.717, 1.165) is 44.3 Å². The molecule has 1 saturated heterocycles. The molecule has 1 amide bonds. The van der Waals surface area contributed by atoms with Gasteiger partial charge in [-0.1, -0.05) is 18.2 Å². The number of para-hydroxylation sites is 1.